The molecule has 17 heavy (non-hydrogen) atoms. The van der Waals surface area contributed by atoms with E-state index >= 15 is 0 Å². The molecule has 94 valence electrons. The molecule has 0 N–H and O–H groups in total. The Morgan fingerprint density at radius 3 is 2.71 bits per heavy atom. The molecule has 1 aromatic rings. The van der Waals surface area contributed by atoms with Gasteiger partial charge in [0.1, 0.15) is 5.56 Å². The fourth-order valence-electron chi connectivity index (χ4n) is 1.29. The normalized spacial score (nSPS) is 10.7. The van der Waals surface area contributed by atoms with Gasteiger partial charge in [0.25, 0.3) is 6.43 Å². The molecule has 1 rings (SSSR count). The Morgan fingerprint density at radius 2 is 2.24 bits per heavy atom. The molecule has 0 amide bonds. The van der Waals surface area contributed by atoms with Gasteiger partial charge in [-0.05, 0) is 6.92 Å². The van der Waals surface area contributed by atoms with Crippen LogP contribution in [0.15, 0.2) is 6.20 Å². The highest BCUT2D eigenvalue weighted by Crippen LogP contribution is 2.29. The quantitative estimate of drug-likeness (QED) is 0.633. The van der Waals surface area contributed by atoms with Crippen molar-refractivity contribution in [3.05, 3.63) is 28.8 Å². The molecule has 0 aliphatic rings. The predicted octanol–water partition coefficient (Wildman–Crippen LogP) is 3.23. The Kier molecular flexibility index (Phi) is 4.92. The van der Waals surface area contributed by atoms with Crippen LogP contribution in [0.25, 0.3) is 0 Å². The van der Waals surface area contributed by atoms with Crippen molar-refractivity contribution in [1.29, 1.82) is 0 Å². The van der Waals surface area contributed by atoms with Gasteiger partial charge in [-0.25, -0.2) is 18.0 Å². The Morgan fingerprint density at radius 1 is 1.59 bits per heavy atom. The van der Waals surface area contributed by atoms with Crippen molar-refractivity contribution in [3.8, 4) is 0 Å². The van der Waals surface area contributed by atoms with Crippen molar-refractivity contribution in [3.63, 3.8) is 0 Å². The first kappa shape index (κ1) is 14.0. The zero-order chi connectivity index (χ0) is 13.0. The van der Waals surface area contributed by atoms with Crippen molar-refractivity contribution >= 4 is 21.9 Å². The Balaban J connectivity index is 3.38. The predicted molar refractivity (Wildman–Crippen MR) is 57.7 cm³/mol. The molecule has 0 bridgehead atoms. The molecule has 0 unspecified atom stereocenters. The second-order valence-electron chi connectivity index (χ2n) is 3.00. The van der Waals surface area contributed by atoms with Crippen LogP contribution in [0.1, 0.15) is 35.0 Å². The Hall–Kier alpha value is -1.11. The third-order valence-corrected chi connectivity index (χ3v) is 2.51. The Labute approximate surface area is 104 Å². The monoisotopic (exact) mass is 311 g/mol. The van der Waals surface area contributed by atoms with Gasteiger partial charge in [-0.3, -0.25) is 4.98 Å². The lowest BCUT2D eigenvalue weighted by Gasteiger charge is -2.11. The highest BCUT2D eigenvalue weighted by Gasteiger charge is 2.27. The lowest BCUT2D eigenvalue weighted by Crippen LogP contribution is -2.14. The number of rotatable bonds is 4. The lowest BCUT2D eigenvalue weighted by molar-refractivity contribution is 0.0508. The van der Waals surface area contributed by atoms with E-state index in [1.54, 1.807) is 0 Å². The first-order valence-corrected chi connectivity index (χ1v) is 5.83. The summed E-state index contributed by atoms with van der Waals surface area (Å²) in [7, 11) is 0. The molecule has 0 fully saturated rings. The standard InChI is InChI=1S/C10H9BrF3NO2/c1-2-17-10(16)7-5(12)4-15-6(3-11)8(7)9(13)14/h4,9H,2-3H2,1H3. The molecule has 1 aromatic heterocycles. The third-order valence-electron chi connectivity index (χ3n) is 1.98. The maximum atomic E-state index is 13.4. The van der Waals surface area contributed by atoms with Crippen molar-refractivity contribution in [2.75, 3.05) is 6.61 Å². The zero-order valence-electron chi connectivity index (χ0n) is 8.84. The van der Waals surface area contributed by atoms with Crippen LogP contribution in [0.3, 0.4) is 0 Å². The molecule has 0 spiro atoms. The number of carbonyl (C=O) groups excluding carboxylic acids is 1. The topological polar surface area (TPSA) is 39.2 Å². The maximum Gasteiger partial charge on any atom is 0.341 e. The molecule has 7 heteroatoms. The summed E-state index contributed by atoms with van der Waals surface area (Å²) >= 11 is 2.95. The van der Waals surface area contributed by atoms with Crippen LogP contribution in [0, 0.1) is 5.82 Å². The van der Waals surface area contributed by atoms with Crippen LogP contribution in [-0.2, 0) is 10.1 Å². The maximum absolute atomic E-state index is 13.4. The van der Waals surface area contributed by atoms with Crippen LogP contribution < -0.4 is 0 Å². The summed E-state index contributed by atoms with van der Waals surface area (Å²) in [6.45, 7) is 1.48. The molecule has 0 atom stereocenters. The molecular formula is C10H9BrF3NO2. The lowest BCUT2D eigenvalue weighted by atomic mass is 10.1. The molecule has 0 aromatic carbocycles. The highest BCUT2D eigenvalue weighted by molar-refractivity contribution is 9.08. The van der Waals surface area contributed by atoms with E-state index in [-0.39, 0.29) is 17.6 Å². The second-order valence-corrected chi connectivity index (χ2v) is 3.56. The average Bonchev–Trinajstić information content (AvgIpc) is 2.28. The molecule has 3 nitrogen and oxygen atoms in total. The molecule has 0 aliphatic heterocycles. The van der Waals surface area contributed by atoms with Gasteiger partial charge < -0.3 is 4.74 Å². The summed E-state index contributed by atoms with van der Waals surface area (Å²) in [4.78, 5) is 14.9. The molecular weight excluding hydrogens is 303 g/mol. The largest absolute Gasteiger partial charge is 0.462 e. The van der Waals surface area contributed by atoms with E-state index in [1.165, 1.54) is 6.92 Å². The summed E-state index contributed by atoms with van der Waals surface area (Å²) in [5.74, 6) is -2.21. The molecule has 1 heterocycles. The summed E-state index contributed by atoms with van der Waals surface area (Å²) in [6.07, 6.45) is -2.26. The summed E-state index contributed by atoms with van der Waals surface area (Å²) in [5.41, 5.74) is -1.55. The van der Waals surface area contributed by atoms with Crippen LogP contribution in [0.5, 0.6) is 0 Å². The second kappa shape index (κ2) is 6.00. The van der Waals surface area contributed by atoms with Crippen LogP contribution in [0.2, 0.25) is 0 Å². The average molecular weight is 312 g/mol. The van der Waals surface area contributed by atoms with E-state index in [1.807, 2.05) is 0 Å². The number of alkyl halides is 3. The van der Waals surface area contributed by atoms with E-state index < -0.39 is 29.3 Å². The minimum atomic E-state index is -3.00. The SMILES string of the molecule is CCOC(=O)c1c(F)cnc(CBr)c1C(F)F. The van der Waals surface area contributed by atoms with Gasteiger partial charge in [0.15, 0.2) is 5.82 Å². The number of nitrogens with zero attached hydrogens (tertiary/aromatic N) is 1. The number of pyridine rings is 1. The Bertz CT molecular complexity index is 426. The van der Waals surface area contributed by atoms with Gasteiger partial charge in [0.05, 0.1) is 24.1 Å². The van der Waals surface area contributed by atoms with Gasteiger partial charge in [-0.2, -0.15) is 0 Å². The van der Waals surface area contributed by atoms with Crippen molar-refractivity contribution in [2.45, 2.75) is 18.7 Å². The summed E-state index contributed by atoms with van der Waals surface area (Å²) in [5, 5.41) is -0.000637. The van der Waals surface area contributed by atoms with Gasteiger partial charge in [-0.1, -0.05) is 15.9 Å². The number of carbonyl (C=O) groups is 1. The highest BCUT2D eigenvalue weighted by atomic mass is 79.9. The van der Waals surface area contributed by atoms with Crippen LogP contribution in [0.4, 0.5) is 13.2 Å². The number of esters is 1. The fraction of sp³-hybridized carbons (Fsp3) is 0.400. The summed E-state index contributed by atoms with van der Waals surface area (Å²) in [6, 6.07) is 0. The van der Waals surface area contributed by atoms with Crippen molar-refractivity contribution in [2.24, 2.45) is 0 Å². The number of aromatic nitrogens is 1. The smallest absolute Gasteiger partial charge is 0.341 e. The number of ether oxygens (including phenoxy) is 1. The minimum Gasteiger partial charge on any atom is -0.462 e. The van der Waals surface area contributed by atoms with E-state index in [9.17, 15) is 18.0 Å². The first-order valence-electron chi connectivity index (χ1n) is 4.71. The molecule has 0 saturated heterocycles. The first-order chi connectivity index (χ1) is 8.02. The number of hydrogen-bond acceptors (Lipinski definition) is 3. The van der Waals surface area contributed by atoms with Crippen molar-refractivity contribution in [1.82, 2.24) is 4.98 Å². The summed E-state index contributed by atoms with van der Waals surface area (Å²) < 4.78 is 43.6. The molecule has 0 aliphatic carbocycles. The minimum absolute atomic E-state index is 0.000637. The number of hydrogen-bond donors (Lipinski definition) is 0. The van der Waals surface area contributed by atoms with Gasteiger partial charge >= 0.3 is 5.97 Å². The van der Waals surface area contributed by atoms with E-state index in [2.05, 4.69) is 25.7 Å². The number of halogens is 4. The van der Waals surface area contributed by atoms with Crippen LogP contribution in [-0.4, -0.2) is 17.6 Å². The van der Waals surface area contributed by atoms with Gasteiger partial charge in [0.2, 0.25) is 0 Å². The van der Waals surface area contributed by atoms with E-state index in [4.69, 9.17) is 0 Å². The fourth-order valence-corrected chi connectivity index (χ4v) is 1.74. The van der Waals surface area contributed by atoms with Crippen molar-refractivity contribution < 1.29 is 22.7 Å². The van der Waals surface area contributed by atoms with E-state index in [0.717, 1.165) is 6.20 Å². The van der Waals surface area contributed by atoms with E-state index in [0.29, 0.717) is 0 Å². The van der Waals surface area contributed by atoms with Gasteiger partial charge in [-0.15, -0.1) is 0 Å². The molecule has 0 radical (unpaired) electrons. The molecule has 0 saturated carbocycles. The van der Waals surface area contributed by atoms with Crippen LogP contribution >= 0.6 is 15.9 Å². The zero-order valence-corrected chi connectivity index (χ0v) is 10.4. The third kappa shape index (κ3) is 2.96. The van der Waals surface area contributed by atoms with Gasteiger partial charge in [0, 0.05) is 5.33 Å².